The fourth-order valence-electron chi connectivity index (χ4n) is 3.33. The molecule has 0 saturated heterocycles. The average molecular weight is 416 g/mol. The third-order valence-electron chi connectivity index (χ3n) is 5.04. The molecule has 1 amide bonds. The van der Waals surface area contributed by atoms with Crippen LogP contribution in [0.1, 0.15) is 13.3 Å². The number of hydrogen-bond acceptors (Lipinski definition) is 6. The van der Waals surface area contributed by atoms with E-state index < -0.39 is 0 Å². The quantitative estimate of drug-likeness (QED) is 0.493. The van der Waals surface area contributed by atoms with Crippen molar-refractivity contribution in [3.05, 3.63) is 60.9 Å². The number of aromatic nitrogens is 4. The normalized spacial score (nSPS) is 10.9. The van der Waals surface area contributed by atoms with Crippen molar-refractivity contribution in [3.8, 4) is 22.8 Å². The predicted octanol–water partition coefficient (Wildman–Crippen LogP) is 3.74. The van der Waals surface area contributed by atoms with E-state index in [2.05, 4.69) is 9.97 Å². The number of fused-ring (bicyclic) bond motifs is 1. The number of nitrogens with two attached hydrogens (primary N) is 1. The van der Waals surface area contributed by atoms with Crippen molar-refractivity contribution in [2.75, 3.05) is 19.3 Å². The molecule has 0 aliphatic rings. The van der Waals surface area contributed by atoms with E-state index in [0.717, 1.165) is 17.1 Å². The van der Waals surface area contributed by atoms with Gasteiger partial charge in [-0.05, 0) is 36.4 Å². The Morgan fingerprint density at radius 3 is 2.48 bits per heavy atom. The Kier molecular flexibility index (Phi) is 5.79. The lowest BCUT2D eigenvalue weighted by molar-refractivity contribution is -0.129. The van der Waals surface area contributed by atoms with Gasteiger partial charge in [-0.3, -0.25) is 4.79 Å². The zero-order chi connectivity index (χ0) is 21.8. The van der Waals surface area contributed by atoms with Gasteiger partial charge in [0.15, 0.2) is 5.65 Å². The summed E-state index contributed by atoms with van der Waals surface area (Å²) in [7, 11) is 1.78. The summed E-state index contributed by atoms with van der Waals surface area (Å²) in [5, 5.41) is 5.44. The van der Waals surface area contributed by atoms with Crippen molar-refractivity contribution in [1.82, 2.24) is 24.6 Å². The summed E-state index contributed by atoms with van der Waals surface area (Å²) in [6.45, 7) is 2.88. The number of benzene rings is 2. The number of nitrogen functional groups attached to an aromatic ring is 1. The van der Waals surface area contributed by atoms with Gasteiger partial charge in [0.05, 0.1) is 11.9 Å². The van der Waals surface area contributed by atoms with Crippen LogP contribution in [0.4, 0.5) is 5.82 Å². The second-order valence-corrected chi connectivity index (χ2v) is 7.14. The Bertz CT molecular complexity index is 1190. The molecule has 0 spiro atoms. The van der Waals surface area contributed by atoms with Gasteiger partial charge in [-0.25, -0.2) is 14.6 Å². The molecule has 0 fully saturated rings. The van der Waals surface area contributed by atoms with Crippen molar-refractivity contribution in [2.24, 2.45) is 0 Å². The molecule has 2 N–H and O–H groups in total. The Morgan fingerprint density at radius 2 is 1.77 bits per heavy atom. The molecule has 2 aromatic heterocycles. The molecule has 8 nitrogen and oxygen atoms in total. The van der Waals surface area contributed by atoms with Crippen LogP contribution >= 0.6 is 0 Å². The molecule has 2 aromatic carbocycles. The van der Waals surface area contributed by atoms with Gasteiger partial charge in [-0.2, -0.15) is 5.10 Å². The Balaban J connectivity index is 1.63. The maximum atomic E-state index is 11.9. The summed E-state index contributed by atoms with van der Waals surface area (Å²) in [4.78, 5) is 22.1. The van der Waals surface area contributed by atoms with E-state index in [-0.39, 0.29) is 5.91 Å². The van der Waals surface area contributed by atoms with Crippen molar-refractivity contribution in [2.45, 2.75) is 19.9 Å². The molecule has 4 aromatic rings. The molecular formula is C23H24N6O2. The number of para-hydroxylation sites is 1. The summed E-state index contributed by atoms with van der Waals surface area (Å²) < 4.78 is 7.65. The Labute approximate surface area is 180 Å². The van der Waals surface area contributed by atoms with Crippen molar-refractivity contribution >= 4 is 22.8 Å². The molecule has 0 aliphatic heterocycles. The standard InChI is InChI=1S/C23H24N6O2/c1-3-19(30)28(2)13-14-29-23-20(22(24)25-15-26-23)21(27-29)16-9-11-18(12-10-16)31-17-7-5-4-6-8-17/h4-12,15H,3,13-14H2,1-2H3,(H2,24,25,26). The number of carbonyl (C=O) groups is 1. The largest absolute Gasteiger partial charge is 0.457 e. The van der Waals surface area contributed by atoms with Crippen LogP contribution in [0, 0.1) is 0 Å². The minimum absolute atomic E-state index is 0.0832. The van der Waals surface area contributed by atoms with Crippen LogP contribution in [0.5, 0.6) is 11.5 Å². The molecule has 0 saturated carbocycles. The molecule has 0 bridgehead atoms. The van der Waals surface area contributed by atoms with Crippen LogP contribution in [0.3, 0.4) is 0 Å². The molecule has 0 aliphatic carbocycles. The second-order valence-electron chi connectivity index (χ2n) is 7.14. The van der Waals surface area contributed by atoms with Crippen LogP contribution in [0.25, 0.3) is 22.3 Å². The lowest BCUT2D eigenvalue weighted by Gasteiger charge is -2.16. The zero-order valence-corrected chi connectivity index (χ0v) is 17.5. The highest BCUT2D eigenvalue weighted by Crippen LogP contribution is 2.31. The number of anilines is 1. The number of likely N-dealkylation sites (N-methyl/N-ethyl adjacent to an activating group) is 1. The topological polar surface area (TPSA) is 99.2 Å². The molecule has 4 rings (SSSR count). The number of nitrogens with zero attached hydrogens (tertiary/aromatic N) is 5. The van der Waals surface area contributed by atoms with E-state index in [1.165, 1.54) is 6.33 Å². The zero-order valence-electron chi connectivity index (χ0n) is 17.5. The average Bonchev–Trinajstić information content (AvgIpc) is 3.18. The SMILES string of the molecule is CCC(=O)N(C)CCn1nc(-c2ccc(Oc3ccccc3)cc2)c2c(N)ncnc21. The summed E-state index contributed by atoms with van der Waals surface area (Å²) in [6, 6.07) is 17.3. The minimum Gasteiger partial charge on any atom is -0.457 e. The van der Waals surface area contributed by atoms with E-state index >= 15 is 0 Å². The van der Waals surface area contributed by atoms with Gasteiger partial charge in [0.25, 0.3) is 0 Å². The molecule has 0 unspecified atom stereocenters. The highest BCUT2D eigenvalue weighted by Gasteiger charge is 2.18. The molecule has 0 atom stereocenters. The third kappa shape index (κ3) is 4.32. The smallest absolute Gasteiger partial charge is 0.222 e. The fraction of sp³-hybridized carbons (Fsp3) is 0.217. The van der Waals surface area contributed by atoms with E-state index in [4.69, 9.17) is 15.6 Å². The molecule has 0 radical (unpaired) electrons. The van der Waals surface area contributed by atoms with Crippen LogP contribution in [0.15, 0.2) is 60.9 Å². The number of hydrogen-bond donors (Lipinski definition) is 1. The summed E-state index contributed by atoms with van der Waals surface area (Å²) in [5.41, 5.74) is 8.39. The van der Waals surface area contributed by atoms with Gasteiger partial charge < -0.3 is 15.4 Å². The predicted molar refractivity (Wildman–Crippen MR) is 120 cm³/mol. The Morgan fingerprint density at radius 1 is 1.06 bits per heavy atom. The van der Waals surface area contributed by atoms with E-state index in [1.54, 1.807) is 16.6 Å². The first-order chi connectivity index (χ1) is 15.1. The first kappa shape index (κ1) is 20.3. The lowest BCUT2D eigenvalue weighted by Crippen LogP contribution is -2.29. The summed E-state index contributed by atoms with van der Waals surface area (Å²) in [6.07, 6.45) is 1.89. The lowest BCUT2D eigenvalue weighted by atomic mass is 10.1. The van der Waals surface area contributed by atoms with Gasteiger partial charge in [-0.1, -0.05) is 25.1 Å². The fourth-order valence-corrected chi connectivity index (χ4v) is 3.33. The van der Waals surface area contributed by atoms with Crippen LogP contribution in [0.2, 0.25) is 0 Å². The second kappa shape index (κ2) is 8.83. The third-order valence-corrected chi connectivity index (χ3v) is 5.04. The van der Waals surface area contributed by atoms with Gasteiger partial charge in [0.2, 0.25) is 5.91 Å². The minimum atomic E-state index is 0.0832. The molecule has 8 heteroatoms. The van der Waals surface area contributed by atoms with Crippen LogP contribution in [-0.2, 0) is 11.3 Å². The van der Waals surface area contributed by atoms with Gasteiger partial charge >= 0.3 is 0 Å². The van der Waals surface area contributed by atoms with E-state index in [1.807, 2.05) is 61.5 Å². The molecular weight excluding hydrogens is 392 g/mol. The number of rotatable bonds is 7. The van der Waals surface area contributed by atoms with Crippen molar-refractivity contribution in [3.63, 3.8) is 0 Å². The van der Waals surface area contributed by atoms with E-state index in [0.29, 0.717) is 42.1 Å². The van der Waals surface area contributed by atoms with Crippen LogP contribution < -0.4 is 10.5 Å². The van der Waals surface area contributed by atoms with E-state index in [9.17, 15) is 4.79 Å². The van der Waals surface area contributed by atoms with Crippen molar-refractivity contribution in [1.29, 1.82) is 0 Å². The van der Waals surface area contributed by atoms with Gasteiger partial charge in [-0.15, -0.1) is 0 Å². The number of ether oxygens (including phenoxy) is 1. The molecule has 31 heavy (non-hydrogen) atoms. The van der Waals surface area contributed by atoms with Crippen LogP contribution in [-0.4, -0.2) is 44.1 Å². The Hall–Kier alpha value is -3.94. The van der Waals surface area contributed by atoms with Gasteiger partial charge in [0, 0.05) is 25.6 Å². The molecule has 158 valence electrons. The van der Waals surface area contributed by atoms with Gasteiger partial charge in [0.1, 0.15) is 29.3 Å². The molecule has 2 heterocycles. The maximum Gasteiger partial charge on any atom is 0.222 e. The first-order valence-electron chi connectivity index (χ1n) is 10.1. The monoisotopic (exact) mass is 416 g/mol. The first-order valence-corrected chi connectivity index (χ1v) is 10.1. The maximum absolute atomic E-state index is 11.9. The number of amides is 1. The highest BCUT2D eigenvalue weighted by atomic mass is 16.5. The highest BCUT2D eigenvalue weighted by molar-refractivity contribution is 5.98. The number of carbonyl (C=O) groups excluding carboxylic acids is 1. The van der Waals surface area contributed by atoms with Crippen molar-refractivity contribution < 1.29 is 9.53 Å². The summed E-state index contributed by atoms with van der Waals surface area (Å²) >= 11 is 0. The summed E-state index contributed by atoms with van der Waals surface area (Å²) in [5.74, 6) is 1.95.